The molecule has 0 bridgehead atoms. The molecule has 1 heterocycles. The summed E-state index contributed by atoms with van der Waals surface area (Å²) in [7, 11) is 2.15. The van der Waals surface area contributed by atoms with Gasteiger partial charge in [0, 0.05) is 19.6 Å². The molecule has 0 radical (unpaired) electrons. The molecule has 0 saturated carbocycles. The maximum Gasteiger partial charge on any atom is 0.224 e. The first-order valence-electron chi connectivity index (χ1n) is 7.40. The lowest BCUT2D eigenvalue weighted by atomic mass is 9.98. The number of carbonyl (C=O) groups is 1. The molecule has 0 spiro atoms. The summed E-state index contributed by atoms with van der Waals surface area (Å²) >= 11 is 0. The minimum absolute atomic E-state index is 0.110. The van der Waals surface area contributed by atoms with Gasteiger partial charge in [0.1, 0.15) is 0 Å². The van der Waals surface area contributed by atoms with Crippen LogP contribution in [0.3, 0.4) is 0 Å². The van der Waals surface area contributed by atoms with Gasteiger partial charge in [-0.2, -0.15) is 0 Å². The Morgan fingerprint density at radius 3 is 2.70 bits per heavy atom. The van der Waals surface area contributed by atoms with Gasteiger partial charge in [-0.15, -0.1) is 0 Å². The van der Waals surface area contributed by atoms with Gasteiger partial charge in [-0.1, -0.05) is 24.3 Å². The van der Waals surface area contributed by atoms with Gasteiger partial charge in [0.05, 0.1) is 6.42 Å². The Bertz CT molecular complexity index is 430. The van der Waals surface area contributed by atoms with Gasteiger partial charge in [0.25, 0.3) is 0 Å². The number of hydrogen-bond donors (Lipinski definition) is 2. The van der Waals surface area contributed by atoms with E-state index in [1.54, 1.807) is 0 Å². The molecule has 20 heavy (non-hydrogen) atoms. The van der Waals surface area contributed by atoms with Gasteiger partial charge in [0.2, 0.25) is 5.91 Å². The van der Waals surface area contributed by atoms with Crippen LogP contribution in [0, 0.1) is 5.92 Å². The summed E-state index contributed by atoms with van der Waals surface area (Å²) < 4.78 is 0. The van der Waals surface area contributed by atoms with Crippen molar-refractivity contribution in [2.24, 2.45) is 11.7 Å². The number of nitrogens with zero attached hydrogens (tertiary/aromatic N) is 1. The van der Waals surface area contributed by atoms with Crippen molar-refractivity contribution < 1.29 is 4.79 Å². The lowest BCUT2D eigenvalue weighted by molar-refractivity contribution is -0.120. The molecule has 1 unspecified atom stereocenters. The van der Waals surface area contributed by atoms with Crippen molar-refractivity contribution in [1.82, 2.24) is 10.2 Å². The third-order valence-electron chi connectivity index (χ3n) is 3.93. The number of hydrogen-bond acceptors (Lipinski definition) is 3. The fourth-order valence-corrected chi connectivity index (χ4v) is 2.74. The number of nitrogens with one attached hydrogen (secondary N) is 1. The first-order chi connectivity index (χ1) is 9.67. The second-order valence-corrected chi connectivity index (χ2v) is 5.77. The Labute approximate surface area is 121 Å². The number of benzene rings is 1. The highest BCUT2D eigenvalue weighted by atomic mass is 16.1. The molecule has 1 aromatic carbocycles. The Hall–Kier alpha value is -1.39. The molecule has 1 fully saturated rings. The molecular weight excluding hydrogens is 250 g/mol. The molecule has 2 rings (SSSR count). The number of nitrogens with two attached hydrogens (primary N) is 1. The van der Waals surface area contributed by atoms with Crippen LogP contribution in [0.25, 0.3) is 0 Å². The second-order valence-electron chi connectivity index (χ2n) is 5.77. The normalized spacial score (nSPS) is 19.8. The first kappa shape index (κ1) is 15.0. The van der Waals surface area contributed by atoms with Gasteiger partial charge in [-0.3, -0.25) is 4.79 Å². The summed E-state index contributed by atoms with van der Waals surface area (Å²) in [6, 6.07) is 7.93. The Balaban J connectivity index is 1.74. The van der Waals surface area contributed by atoms with Crippen molar-refractivity contribution in [2.45, 2.75) is 25.8 Å². The van der Waals surface area contributed by atoms with E-state index in [0.717, 1.165) is 24.2 Å². The molecule has 1 aromatic rings. The fraction of sp³-hybridized carbons (Fsp3) is 0.562. The van der Waals surface area contributed by atoms with Crippen LogP contribution in [-0.2, 0) is 17.8 Å². The predicted molar refractivity (Wildman–Crippen MR) is 81.3 cm³/mol. The summed E-state index contributed by atoms with van der Waals surface area (Å²) in [4.78, 5) is 14.3. The number of amides is 1. The van der Waals surface area contributed by atoms with Gasteiger partial charge in [0.15, 0.2) is 0 Å². The van der Waals surface area contributed by atoms with E-state index in [9.17, 15) is 4.79 Å². The zero-order valence-electron chi connectivity index (χ0n) is 12.3. The summed E-state index contributed by atoms with van der Waals surface area (Å²) in [5, 5.41) is 3.06. The smallest absolute Gasteiger partial charge is 0.224 e. The highest BCUT2D eigenvalue weighted by molar-refractivity contribution is 5.78. The summed E-state index contributed by atoms with van der Waals surface area (Å²) in [6.45, 7) is 3.61. The van der Waals surface area contributed by atoms with Gasteiger partial charge < -0.3 is 16.0 Å². The van der Waals surface area contributed by atoms with Gasteiger partial charge >= 0.3 is 0 Å². The molecule has 1 aliphatic rings. The number of rotatable bonds is 5. The minimum Gasteiger partial charge on any atom is -0.355 e. The van der Waals surface area contributed by atoms with Crippen molar-refractivity contribution in [2.75, 3.05) is 26.7 Å². The fourth-order valence-electron chi connectivity index (χ4n) is 2.74. The van der Waals surface area contributed by atoms with E-state index in [1.165, 1.54) is 19.4 Å². The van der Waals surface area contributed by atoms with E-state index in [2.05, 4.69) is 17.3 Å². The molecule has 0 aromatic heterocycles. The maximum atomic E-state index is 11.9. The minimum atomic E-state index is 0.110. The van der Waals surface area contributed by atoms with Crippen LogP contribution in [0.5, 0.6) is 0 Å². The van der Waals surface area contributed by atoms with Crippen molar-refractivity contribution >= 4 is 5.91 Å². The quantitative estimate of drug-likeness (QED) is 0.847. The predicted octanol–water partition coefficient (Wildman–Crippen LogP) is 1.15. The molecular formula is C16H25N3O. The van der Waals surface area contributed by atoms with E-state index in [-0.39, 0.29) is 5.91 Å². The largest absolute Gasteiger partial charge is 0.355 e. The number of piperidine rings is 1. The summed E-state index contributed by atoms with van der Waals surface area (Å²) in [5.74, 6) is 0.705. The van der Waals surface area contributed by atoms with Crippen molar-refractivity contribution in [3.63, 3.8) is 0 Å². The summed E-state index contributed by atoms with van der Waals surface area (Å²) in [5.41, 5.74) is 7.70. The van der Waals surface area contributed by atoms with E-state index in [0.29, 0.717) is 18.9 Å². The molecule has 3 N–H and O–H groups in total. The zero-order valence-corrected chi connectivity index (χ0v) is 12.3. The van der Waals surface area contributed by atoms with Crippen LogP contribution in [0.4, 0.5) is 0 Å². The third kappa shape index (κ3) is 4.62. The van der Waals surface area contributed by atoms with E-state index in [1.807, 2.05) is 24.3 Å². The van der Waals surface area contributed by atoms with Crippen molar-refractivity contribution in [3.8, 4) is 0 Å². The molecule has 1 saturated heterocycles. The van der Waals surface area contributed by atoms with E-state index < -0.39 is 0 Å². The van der Waals surface area contributed by atoms with Crippen LogP contribution >= 0.6 is 0 Å². The molecule has 1 atom stereocenters. The molecule has 0 aliphatic carbocycles. The standard InChI is InChI=1S/C16H25N3O/c1-19-8-2-3-15(12-19)11-18-16(20)9-13-4-6-14(10-17)7-5-13/h4-7,15H,2-3,8-12,17H2,1H3,(H,18,20). The SMILES string of the molecule is CN1CCCC(CNC(=O)Cc2ccc(CN)cc2)C1. The Kier molecular flexibility index (Phi) is 5.56. The molecule has 1 aliphatic heterocycles. The van der Waals surface area contributed by atoms with Crippen LogP contribution in [0.2, 0.25) is 0 Å². The molecule has 4 nitrogen and oxygen atoms in total. The van der Waals surface area contributed by atoms with Crippen molar-refractivity contribution in [3.05, 3.63) is 35.4 Å². The van der Waals surface area contributed by atoms with Crippen LogP contribution in [0.15, 0.2) is 24.3 Å². The molecule has 4 heteroatoms. The average molecular weight is 275 g/mol. The van der Waals surface area contributed by atoms with Crippen LogP contribution < -0.4 is 11.1 Å². The number of likely N-dealkylation sites (tertiary alicyclic amines) is 1. The maximum absolute atomic E-state index is 11.9. The Morgan fingerprint density at radius 2 is 2.05 bits per heavy atom. The lowest BCUT2D eigenvalue weighted by Crippen LogP contribution is -2.39. The molecule has 1 amide bonds. The monoisotopic (exact) mass is 275 g/mol. The Morgan fingerprint density at radius 1 is 1.35 bits per heavy atom. The first-order valence-corrected chi connectivity index (χ1v) is 7.40. The topological polar surface area (TPSA) is 58.4 Å². The van der Waals surface area contributed by atoms with E-state index >= 15 is 0 Å². The van der Waals surface area contributed by atoms with E-state index in [4.69, 9.17) is 5.73 Å². The molecule has 110 valence electrons. The van der Waals surface area contributed by atoms with Crippen LogP contribution in [-0.4, -0.2) is 37.5 Å². The third-order valence-corrected chi connectivity index (χ3v) is 3.93. The van der Waals surface area contributed by atoms with Gasteiger partial charge in [-0.25, -0.2) is 0 Å². The highest BCUT2D eigenvalue weighted by Crippen LogP contribution is 2.14. The van der Waals surface area contributed by atoms with Crippen molar-refractivity contribution in [1.29, 1.82) is 0 Å². The highest BCUT2D eigenvalue weighted by Gasteiger charge is 2.17. The van der Waals surface area contributed by atoms with Gasteiger partial charge in [-0.05, 0) is 43.5 Å². The zero-order chi connectivity index (χ0) is 14.4. The van der Waals surface area contributed by atoms with Crippen LogP contribution in [0.1, 0.15) is 24.0 Å². The summed E-state index contributed by atoms with van der Waals surface area (Å²) in [6.07, 6.45) is 2.90. The number of carbonyl (C=O) groups excluding carboxylic acids is 1. The average Bonchev–Trinajstić information content (AvgIpc) is 2.46. The lowest BCUT2D eigenvalue weighted by Gasteiger charge is -2.29. The second kappa shape index (κ2) is 7.41.